The minimum atomic E-state index is 0.0773. The standard InChI is InChI=1S/C8H6O/c9-7-1-3-8(4-2-7)5-6-8/h1-6H. The molecule has 2 aliphatic carbocycles. The normalized spacial score (nSPS) is 25.6. The molecule has 0 aromatic heterocycles. The van der Waals surface area contributed by atoms with E-state index in [2.05, 4.69) is 12.2 Å². The van der Waals surface area contributed by atoms with Crippen LogP contribution in [0.3, 0.4) is 0 Å². The molecule has 0 bridgehead atoms. The predicted octanol–water partition coefficient (Wildman–Crippen LogP) is 1.24. The van der Waals surface area contributed by atoms with Gasteiger partial charge in [-0.05, 0) is 12.2 Å². The van der Waals surface area contributed by atoms with Crippen LogP contribution in [-0.4, -0.2) is 5.78 Å². The van der Waals surface area contributed by atoms with E-state index in [1.54, 1.807) is 12.2 Å². The quantitative estimate of drug-likeness (QED) is 0.437. The van der Waals surface area contributed by atoms with Crippen molar-refractivity contribution in [2.75, 3.05) is 0 Å². The summed E-state index contributed by atoms with van der Waals surface area (Å²) in [5, 5.41) is 0. The molecule has 0 aliphatic heterocycles. The van der Waals surface area contributed by atoms with Crippen molar-refractivity contribution in [3.8, 4) is 0 Å². The van der Waals surface area contributed by atoms with Crippen LogP contribution in [0.15, 0.2) is 36.5 Å². The number of carbonyl (C=O) groups is 1. The third-order valence-electron chi connectivity index (χ3n) is 1.62. The van der Waals surface area contributed by atoms with Crippen LogP contribution in [0.5, 0.6) is 0 Å². The van der Waals surface area contributed by atoms with Crippen LogP contribution in [0.1, 0.15) is 0 Å². The van der Waals surface area contributed by atoms with Crippen LogP contribution < -0.4 is 0 Å². The first-order valence-corrected chi connectivity index (χ1v) is 2.94. The van der Waals surface area contributed by atoms with E-state index < -0.39 is 0 Å². The Kier molecular flexibility index (Phi) is 0.652. The molecule has 0 heterocycles. The first-order valence-electron chi connectivity index (χ1n) is 2.94. The molecular weight excluding hydrogens is 112 g/mol. The number of ketones is 1. The Labute approximate surface area is 53.4 Å². The Morgan fingerprint density at radius 3 is 2.00 bits per heavy atom. The van der Waals surface area contributed by atoms with Crippen LogP contribution >= 0.6 is 0 Å². The number of hydrogen-bond donors (Lipinski definition) is 0. The molecule has 0 radical (unpaired) electrons. The molecule has 0 aromatic rings. The summed E-state index contributed by atoms with van der Waals surface area (Å²) in [5.41, 5.74) is 0.0773. The highest BCUT2D eigenvalue weighted by Gasteiger charge is 2.29. The molecule has 1 nitrogen and oxygen atoms in total. The Bertz CT molecular complexity index is 219. The molecule has 0 N–H and O–H groups in total. The molecule has 44 valence electrons. The minimum Gasteiger partial charge on any atom is -0.290 e. The fourth-order valence-corrected chi connectivity index (χ4v) is 0.882. The molecule has 9 heavy (non-hydrogen) atoms. The van der Waals surface area contributed by atoms with Crippen molar-refractivity contribution in [3.63, 3.8) is 0 Å². The van der Waals surface area contributed by atoms with Crippen molar-refractivity contribution in [2.45, 2.75) is 0 Å². The largest absolute Gasteiger partial charge is 0.290 e. The van der Waals surface area contributed by atoms with E-state index in [0.717, 1.165) is 0 Å². The monoisotopic (exact) mass is 118 g/mol. The van der Waals surface area contributed by atoms with Crippen molar-refractivity contribution in [1.82, 2.24) is 0 Å². The van der Waals surface area contributed by atoms with Gasteiger partial charge in [0.15, 0.2) is 5.78 Å². The van der Waals surface area contributed by atoms with E-state index in [1.807, 2.05) is 12.2 Å². The molecule has 0 amide bonds. The fraction of sp³-hybridized carbons (Fsp3) is 0.125. The van der Waals surface area contributed by atoms with Gasteiger partial charge >= 0.3 is 0 Å². The molecule has 2 rings (SSSR count). The summed E-state index contributed by atoms with van der Waals surface area (Å²) in [5.74, 6) is 0.0920. The molecule has 0 unspecified atom stereocenters. The molecule has 0 atom stereocenters. The SMILES string of the molecule is O=C1C=CC2(C=C1)C=C2. The van der Waals surface area contributed by atoms with Crippen LogP contribution in [-0.2, 0) is 4.79 Å². The predicted molar refractivity (Wildman–Crippen MR) is 34.9 cm³/mol. The van der Waals surface area contributed by atoms with Crippen molar-refractivity contribution < 1.29 is 4.79 Å². The van der Waals surface area contributed by atoms with E-state index in [9.17, 15) is 4.79 Å². The van der Waals surface area contributed by atoms with Gasteiger partial charge in [-0.1, -0.05) is 24.3 Å². The van der Waals surface area contributed by atoms with Gasteiger partial charge in [-0.25, -0.2) is 0 Å². The van der Waals surface area contributed by atoms with Crippen molar-refractivity contribution in [1.29, 1.82) is 0 Å². The highest BCUT2D eigenvalue weighted by molar-refractivity contribution is 6.01. The lowest BCUT2D eigenvalue weighted by molar-refractivity contribution is -0.110. The Balaban J connectivity index is 2.29. The Hall–Kier alpha value is -1.11. The zero-order chi connectivity index (χ0) is 6.32. The van der Waals surface area contributed by atoms with Gasteiger partial charge in [-0.3, -0.25) is 4.79 Å². The summed E-state index contributed by atoms with van der Waals surface area (Å²) in [6.07, 6.45) is 11.2. The van der Waals surface area contributed by atoms with E-state index in [4.69, 9.17) is 0 Å². The maximum atomic E-state index is 10.6. The van der Waals surface area contributed by atoms with Crippen LogP contribution in [0, 0.1) is 5.41 Å². The maximum Gasteiger partial charge on any atom is 0.178 e. The first kappa shape index (κ1) is 4.74. The van der Waals surface area contributed by atoms with Gasteiger partial charge in [0.25, 0.3) is 0 Å². The second-order valence-corrected chi connectivity index (χ2v) is 2.40. The van der Waals surface area contributed by atoms with E-state index in [-0.39, 0.29) is 11.2 Å². The molecule has 0 saturated carbocycles. The van der Waals surface area contributed by atoms with Gasteiger partial charge in [-0.15, -0.1) is 0 Å². The highest BCUT2D eigenvalue weighted by atomic mass is 16.1. The molecule has 0 saturated heterocycles. The van der Waals surface area contributed by atoms with Gasteiger partial charge in [0.1, 0.15) is 0 Å². The molecule has 1 heteroatoms. The second-order valence-electron chi connectivity index (χ2n) is 2.40. The van der Waals surface area contributed by atoms with E-state index >= 15 is 0 Å². The molecule has 0 fully saturated rings. The van der Waals surface area contributed by atoms with Crippen LogP contribution in [0.2, 0.25) is 0 Å². The molecule has 1 spiro atoms. The number of carbonyl (C=O) groups excluding carboxylic acids is 1. The second kappa shape index (κ2) is 1.24. The molecule has 0 aromatic carbocycles. The highest BCUT2D eigenvalue weighted by Crippen LogP contribution is 2.39. The molecular formula is C8H6O. The lowest BCUT2D eigenvalue weighted by atomic mass is 9.98. The number of hydrogen-bond acceptors (Lipinski definition) is 1. The zero-order valence-electron chi connectivity index (χ0n) is 4.87. The first-order chi connectivity index (χ1) is 4.31. The Morgan fingerprint density at radius 1 is 1.00 bits per heavy atom. The topological polar surface area (TPSA) is 17.1 Å². The van der Waals surface area contributed by atoms with E-state index in [0.29, 0.717) is 0 Å². The van der Waals surface area contributed by atoms with Gasteiger partial charge in [-0.2, -0.15) is 0 Å². The van der Waals surface area contributed by atoms with Gasteiger partial charge in [0, 0.05) is 5.41 Å². The average molecular weight is 118 g/mol. The lowest BCUT2D eigenvalue weighted by Crippen LogP contribution is -2.00. The summed E-state index contributed by atoms with van der Waals surface area (Å²) in [4.78, 5) is 10.6. The maximum absolute atomic E-state index is 10.6. The summed E-state index contributed by atoms with van der Waals surface area (Å²) >= 11 is 0. The molecule has 2 aliphatic rings. The van der Waals surface area contributed by atoms with Crippen LogP contribution in [0.25, 0.3) is 0 Å². The third kappa shape index (κ3) is 0.653. The smallest absolute Gasteiger partial charge is 0.178 e. The average Bonchev–Trinajstić information content (AvgIpc) is 2.60. The summed E-state index contributed by atoms with van der Waals surface area (Å²) in [6.45, 7) is 0. The minimum absolute atomic E-state index is 0.0773. The fourth-order valence-electron chi connectivity index (χ4n) is 0.882. The summed E-state index contributed by atoms with van der Waals surface area (Å²) in [7, 11) is 0. The third-order valence-corrected chi connectivity index (χ3v) is 1.62. The number of rotatable bonds is 0. The van der Waals surface area contributed by atoms with E-state index in [1.165, 1.54) is 0 Å². The number of allylic oxidation sites excluding steroid dienone is 6. The van der Waals surface area contributed by atoms with Gasteiger partial charge in [0.2, 0.25) is 0 Å². The van der Waals surface area contributed by atoms with Crippen molar-refractivity contribution >= 4 is 5.78 Å². The Morgan fingerprint density at radius 2 is 1.56 bits per heavy atom. The summed E-state index contributed by atoms with van der Waals surface area (Å²) in [6, 6.07) is 0. The zero-order valence-corrected chi connectivity index (χ0v) is 4.87. The van der Waals surface area contributed by atoms with Crippen molar-refractivity contribution in [3.05, 3.63) is 36.5 Å². The van der Waals surface area contributed by atoms with Gasteiger partial charge in [0.05, 0.1) is 0 Å². The van der Waals surface area contributed by atoms with Crippen LogP contribution in [0.4, 0.5) is 0 Å². The lowest BCUT2D eigenvalue weighted by Gasteiger charge is -2.05. The van der Waals surface area contributed by atoms with Gasteiger partial charge < -0.3 is 0 Å². The summed E-state index contributed by atoms with van der Waals surface area (Å²) < 4.78 is 0. The van der Waals surface area contributed by atoms with Crippen molar-refractivity contribution in [2.24, 2.45) is 5.41 Å².